The van der Waals surface area contributed by atoms with E-state index in [1.54, 1.807) is 6.07 Å². The summed E-state index contributed by atoms with van der Waals surface area (Å²) in [7, 11) is 0. The first-order valence-corrected chi connectivity index (χ1v) is 6.83. The van der Waals surface area contributed by atoms with E-state index in [9.17, 15) is 4.79 Å². The fraction of sp³-hybridized carbons (Fsp3) is 0.188. The lowest BCUT2D eigenvalue weighted by Gasteiger charge is -2.08. The molecule has 2 N–H and O–H groups in total. The molecule has 21 heavy (non-hydrogen) atoms. The number of aromatic amines is 1. The molecule has 3 rings (SSSR count). The number of fused-ring (bicyclic) bond motifs is 1. The van der Waals surface area contributed by atoms with Crippen molar-refractivity contribution in [2.45, 2.75) is 13.5 Å². The number of nitrogens with one attached hydrogen (secondary N) is 2. The summed E-state index contributed by atoms with van der Waals surface area (Å²) in [4.78, 5) is 13.7. The average Bonchev–Trinajstić information content (AvgIpc) is 2.86. The van der Waals surface area contributed by atoms with E-state index >= 15 is 0 Å². The molecular weight excluding hydrogens is 268 g/mol. The Balaban J connectivity index is 1.69. The van der Waals surface area contributed by atoms with E-state index in [4.69, 9.17) is 9.15 Å². The van der Waals surface area contributed by atoms with Gasteiger partial charge in [0.2, 0.25) is 0 Å². The van der Waals surface area contributed by atoms with Crippen LogP contribution in [0.2, 0.25) is 0 Å². The second kappa shape index (κ2) is 5.75. The number of ether oxygens (including phenoxy) is 1. The van der Waals surface area contributed by atoms with Crippen LogP contribution < -0.4 is 15.8 Å². The summed E-state index contributed by atoms with van der Waals surface area (Å²) in [6.45, 7) is 3.33. The van der Waals surface area contributed by atoms with E-state index in [2.05, 4.69) is 10.3 Å². The first-order chi connectivity index (χ1) is 10.2. The third kappa shape index (κ3) is 3.08. The Labute approximate surface area is 121 Å². The van der Waals surface area contributed by atoms with Crippen molar-refractivity contribution in [3.05, 3.63) is 58.6 Å². The molecule has 108 valence electrons. The van der Waals surface area contributed by atoms with E-state index in [1.807, 2.05) is 43.3 Å². The molecule has 0 amide bonds. The summed E-state index contributed by atoms with van der Waals surface area (Å²) in [6, 6.07) is 13.5. The molecule has 0 bridgehead atoms. The summed E-state index contributed by atoms with van der Waals surface area (Å²) in [6.07, 6.45) is 0. The van der Waals surface area contributed by atoms with Gasteiger partial charge >= 0.3 is 5.76 Å². The quantitative estimate of drug-likeness (QED) is 0.755. The van der Waals surface area contributed by atoms with Gasteiger partial charge in [-0.2, -0.15) is 0 Å². The van der Waals surface area contributed by atoms with E-state index in [0.717, 1.165) is 17.0 Å². The van der Waals surface area contributed by atoms with Gasteiger partial charge in [0, 0.05) is 12.2 Å². The zero-order valence-electron chi connectivity index (χ0n) is 11.7. The molecule has 1 aromatic heterocycles. The highest BCUT2D eigenvalue weighted by Gasteiger charge is 2.02. The van der Waals surface area contributed by atoms with Crippen molar-refractivity contribution in [2.75, 3.05) is 11.9 Å². The predicted molar refractivity (Wildman–Crippen MR) is 81.8 cm³/mol. The minimum atomic E-state index is -0.436. The van der Waals surface area contributed by atoms with Crippen molar-refractivity contribution >= 4 is 16.8 Å². The second-order valence-corrected chi connectivity index (χ2v) is 4.66. The van der Waals surface area contributed by atoms with Crippen molar-refractivity contribution in [3.63, 3.8) is 0 Å². The van der Waals surface area contributed by atoms with Crippen LogP contribution in [0.4, 0.5) is 5.69 Å². The number of hydrogen-bond donors (Lipinski definition) is 2. The molecule has 0 unspecified atom stereocenters. The second-order valence-electron chi connectivity index (χ2n) is 4.66. The summed E-state index contributed by atoms with van der Waals surface area (Å²) in [5.74, 6) is 0.437. The van der Waals surface area contributed by atoms with E-state index in [0.29, 0.717) is 24.3 Å². The van der Waals surface area contributed by atoms with Crippen LogP contribution in [-0.2, 0) is 6.54 Å². The molecule has 3 aromatic rings. The fourth-order valence-electron chi connectivity index (χ4n) is 2.14. The third-order valence-electron chi connectivity index (χ3n) is 3.15. The highest BCUT2D eigenvalue weighted by Crippen LogP contribution is 2.18. The number of oxazole rings is 1. The summed E-state index contributed by atoms with van der Waals surface area (Å²) in [5, 5.41) is 3.31. The van der Waals surface area contributed by atoms with Crippen molar-refractivity contribution in [2.24, 2.45) is 0 Å². The zero-order valence-corrected chi connectivity index (χ0v) is 11.7. The van der Waals surface area contributed by atoms with Crippen molar-refractivity contribution in [3.8, 4) is 5.75 Å². The molecule has 0 saturated heterocycles. The first kappa shape index (κ1) is 13.3. The fourth-order valence-corrected chi connectivity index (χ4v) is 2.14. The van der Waals surface area contributed by atoms with Crippen molar-refractivity contribution in [1.29, 1.82) is 0 Å². The van der Waals surface area contributed by atoms with Gasteiger partial charge in [0.05, 0.1) is 12.1 Å². The lowest BCUT2D eigenvalue weighted by molar-refractivity contribution is 0.340. The van der Waals surface area contributed by atoms with Gasteiger partial charge in [0.1, 0.15) is 5.75 Å². The van der Waals surface area contributed by atoms with Crippen molar-refractivity contribution < 1.29 is 9.15 Å². The Morgan fingerprint density at radius 1 is 1.19 bits per heavy atom. The van der Waals surface area contributed by atoms with E-state index in [1.165, 1.54) is 0 Å². The number of rotatable bonds is 5. The minimum Gasteiger partial charge on any atom is -0.494 e. The lowest BCUT2D eigenvalue weighted by atomic mass is 10.2. The topological polar surface area (TPSA) is 67.3 Å². The Morgan fingerprint density at radius 2 is 2.00 bits per heavy atom. The highest BCUT2D eigenvalue weighted by atomic mass is 16.5. The smallest absolute Gasteiger partial charge is 0.417 e. The molecule has 0 spiro atoms. The molecule has 0 aliphatic heterocycles. The normalized spacial score (nSPS) is 10.7. The average molecular weight is 284 g/mol. The molecule has 0 atom stereocenters. The maximum absolute atomic E-state index is 11.1. The van der Waals surface area contributed by atoms with Gasteiger partial charge in [-0.05, 0) is 42.8 Å². The molecule has 1 heterocycles. The standard InChI is InChI=1S/C16H16N2O3/c1-2-20-13-6-3-11(4-7-13)10-17-12-5-8-15-14(9-12)18-16(19)21-15/h3-9,17H,2,10H2,1H3,(H,18,19). The lowest BCUT2D eigenvalue weighted by Crippen LogP contribution is -1.99. The SMILES string of the molecule is CCOc1ccc(CNc2ccc3oc(=O)[nH]c3c2)cc1. The minimum absolute atomic E-state index is 0.436. The van der Waals surface area contributed by atoms with Gasteiger partial charge in [-0.3, -0.25) is 4.98 Å². The molecular formula is C16H16N2O3. The van der Waals surface area contributed by atoms with Crippen LogP contribution in [0.5, 0.6) is 5.75 Å². The number of H-pyrrole nitrogens is 1. The molecule has 0 fully saturated rings. The van der Waals surface area contributed by atoms with E-state index < -0.39 is 5.76 Å². The van der Waals surface area contributed by atoms with Gasteiger partial charge in [0.15, 0.2) is 5.58 Å². The van der Waals surface area contributed by atoms with Crippen LogP contribution in [0.25, 0.3) is 11.1 Å². The van der Waals surface area contributed by atoms with Gasteiger partial charge in [-0.25, -0.2) is 4.79 Å². The van der Waals surface area contributed by atoms with Crippen LogP contribution in [-0.4, -0.2) is 11.6 Å². The molecule has 5 nitrogen and oxygen atoms in total. The Morgan fingerprint density at radius 3 is 2.76 bits per heavy atom. The van der Waals surface area contributed by atoms with E-state index in [-0.39, 0.29) is 0 Å². The van der Waals surface area contributed by atoms with Crippen LogP contribution >= 0.6 is 0 Å². The number of anilines is 1. The Bertz CT molecular complexity index is 787. The van der Waals surface area contributed by atoms with Gasteiger partial charge in [-0.15, -0.1) is 0 Å². The van der Waals surface area contributed by atoms with Gasteiger partial charge < -0.3 is 14.5 Å². The molecule has 0 aliphatic rings. The summed E-state index contributed by atoms with van der Waals surface area (Å²) < 4.78 is 10.4. The van der Waals surface area contributed by atoms with Crippen molar-refractivity contribution in [1.82, 2.24) is 4.98 Å². The Kier molecular flexibility index (Phi) is 3.64. The molecule has 0 aliphatic carbocycles. The molecule has 0 radical (unpaired) electrons. The Hall–Kier alpha value is -2.69. The van der Waals surface area contributed by atoms with Crippen LogP contribution in [0.1, 0.15) is 12.5 Å². The number of benzene rings is 2. The van der Waals surface area contributed by atoms with Gasteiger partial charge in [0.25, 0.3) is 0 Å². The van der Waals surface area contributed by atoms with Crippen LogP contribution in [0.3, 0.4) is 0 Å². The molecule has 2 aromatic carbocycles. The summed E-state index contributed by atoms with van der Waals surface area (Å²) in [5.41, 5.74) is 3.33. The monoisotopic (exact) mass is 284 g/mol. The largest absolute Gasteiger partial charge is 0.494 e. The molecule has 5 heteroatoms. The number of aromatic nitrogens is 1. The highest BCUT2D eigenvalue weighted by molar-refractivity contribution is 5.76. The number of hydrogen-bond acceptors (Lipinski definition) is 4. The maximum atomic E-state index is 11.1. The maximum Gasteiger partial charge on any atom is 0.417 e. The molecule has 0 saturated carbocycles. The first-order valence-electron chi connectivity index (χ1n) is 6.83. The third-order valence-corrected chi connectivity index (χ3v) is 3.15. The zero-order chi connectivity index (χ0) is 14.7. The van der Waals surface area contributed by atoms with Crippen LogP contribution in [0, 0.1) is 0 Å². The van der Waals surface area contributed by atoms with Gasteiger partial charge in [-0.1, -0.05) is 12.1 Å². The summed E-state index contributed by atoms with van der Waals surface area (Å²) >= 11 is 0. The predicted octanol–water partition coefficient (Wildman–Crippen LogP) is 3.13. The van der Waals surface area contributed by atoms with Crippen LogP contribution in [0.15, 0.2) is 51.7 Å².